The van der Waals surface area contributed by atoms with Crippen molar-refractivity contribution in [1.82, 2.24) is 15.1 Å². The Hall–Kier alpha value is -0.610. The second-order valence-electron chi connectivity index (χ2n) is 3.83. The van der Waals surface area contributed by atoms with Crippen LogP contribution >= 0.6 is 0 Å². The van der Waals surface area contributed by atoms with Gasteiger partial charge in [0.1, 0.15) is 0 Å². The first-order valence-electron chi connectivity index (χ1n) is 4.72. The zero-order chi connectivity index (χ0) is 9.84. The predicted octanol–water partition coefficient (Wildman–Crippen LogP) is -0.632. The highest BCUT2D eigenvalue weighted by atomic mass is 16.2. The minimum atomic E-state index is 0.208. The number of carbonyl (C=O) groups excluding carboxylic acids is 1. The Morgan fingerprint density at radius 1 is 1.38 bits per heavy atom. The summed E-state index contributed by atoms with van der Waals surface area (Å²) >= 11 is 0. The monoisotopic (exact) mass is 185 g/mol. The molecule has 4 heteroatoms. The highest BCUT2D eigenvalue weighted by molar-refractivity contribution is 5.75. The highest BCUT2D eigenvalue weighted by Crippen LogP contribution is 2.02. The Kier molecular flexibility index (Phi) is 3.69. The molecular weight excluding hydrogens is 166 g/mol. The zero-order valence-corrected chi connectivity index (χ0v) is 8.71. The molecule has 4 nitrogen and oxygen atoms in total. The van der Waals surface area contributed by atoms with Crippen LogP contribution in [0.15, 0.2) is 0 Å². The van der Waals surface area contributed by atoms with Gasteiger partial charge < -0.3 is 15.1 Å². The van der Waals surface area contributed by atoms with E-state index in [0.29, 0.717) is 12.5 Å². The normalized spacial score (nSPS) is 17.2. The van der Waals surface area contributed by atoms with Gasteiger partial charge >= 0.3 is 0 Å². The molecule has 76 valence electrons. The third kappa shape index (κ3) is 2.97. The summed E-state index contributed by atoms with van der Waals surface area (Å²) in [6, 6.07) is 0.634. The van der Waals surface area contributed by atoms with Crippen molar-refractivity contribution in [2.75, 3.05) is 40.8 Å². The third-order valence-corrected chi connectivity index (χ3v) is 2.56. The minimum absolute atomic E-state index is 0.208. The van der Waals surface area contributed by atoms with E-state index < -0.39 is 0 Å². The molecule has 1 aliphatic rings. The lowest BCUT2D eigenvalue weighted by Crippen LogP contribution is -2.56. The quantitative estimate of drug-likeness (QED) is 0.633. The van der Waals surface area contributed by atoms with Crippen LogP contribution in [-0.4, -0.2) is 62.5 Å². The number of amides is 1. The molecule has 1 fully saturated rings. The molecular formula is C9H19N3O. The first-order valence-corrected chi connectivity index (χ1v) is 4.72. The summed E-state index contributed by atoms with van der Waals surface area (Å²) in [7, 11) is 5.68. The molecule has 0 aromatic carbocycles. The lowest BCUT2D eigenvalue weighted by molar-refractivity contribution is -0.129. The predicted molar refractivity (Wildman–Crippen MR) is 52.6 cm³/mol. The van der Waals surface area contributed by atoms with Gasteiger partial charge in [0.25, 0.3) is 0 Å². The van der Waals surface area contributed by atoms with Crippen molar-refractivity contribution in [3.05, 3.63) is 0 Å². The third-order valence-electron chi connectivity index (χ3n) is 2.56. The lowest BCUT2D eigenvalue weighted by Gasteiger charge is -2.35. The van der Waals surface area contributed by atoms with E-state index in [0.717, 1.165) is 19.6 Å². The Morgan fingerprint density at radius 3 is 2.38 bits per heavy atom. The minimum Gasteiger partial charge on any atom is -0.349 e. The average Bonchev–Trinajstić information content (AvgIpc) is 1.96. The van der Waals surface area contributed by atoms with E-state index in [1.807, 2.05) is 0 Å². The molecule has 1 amide bonds. The van der Waals surface area contributed by atoms with Crippen molar-refractivity contribution in [3.63, 3.8) is 0 Å². The van der Waals surface area contributed by atoms with Crippen LogP contribution in [0.25, 0.3) is 0 Å². The standard InChI is InChI=1S/C9H19N3O/c1-11(2)9(13)4-5-12(3)8-6-10-7-8/h8,10H,4-7H2,1-3H3. The molecule has 13 heavy (non-hydrogen) atoms. The highest BCUT2D eigenvalue weighted by Gasteiger charge is 2.21. The van der Waals surface area contributed by atoms with Gasteiger partial charge in [-0.3, -0.25) is 4.79 Å². The van der Waals surface area contributed by atoms with Crippen molar-refractivity contribution in [1.29, 1.82) is 0 Å². The molecule has 1 N–H and O–H groups in total. The zero-order valence-electron chi connectivity index (χ0n) is 8.71. The molecule has 0 unspecified atom stereocenters. The van der Waals surface area contributed by atoms with Gasteiger partial charge in [-0.15, -0.1) is 0 Å². The fourth-order valence-electron chi connectivity index (χ4n) is 1.26. The van der Waals surface area contributed by atoms with Crippen LogP contribution in [0.2, 0.25) is 0 Å². The van der Waals surface area contributed by atoms with E-state index in [2.05, 4.69) is 17.3 Å². The van der Waals surface area contributed by atoms with Crippen LogP contribution in [0.3, 0.4) is 0 Å². The lowest BCUT2D eigenvalue weighted by atomic mass is 10.1. The molecule has 0 atom stereocenters. The molecule has 0 bridgehead atoms. The largest absolute Gasteiger partial charge is 0.349 e. The number of nitrogens with zero attached hydrogens (tertiary/aromatic N) is 2. The second kappa shape index (κ2) is 4.58. The molecule has 1 saturated heterocycles. The molecule has 1 heterocycles. The van der Waals surface area contributed by atoms with E-state index in [4.69, 9.17) is 0 Å². The van der Waals surface area contributed by atoms with Gasteiger partial charge in [-0.1, -0.05) is 0 Å². The van der Waals surface area contributed by atoms with Crippen molar-refractivity contribution >= 4 is 5.91 Å². The number of likely N-dealkylation sites (N-methyl/N-ethyl adjacent to an activating group) is 1. The van der Waals surface area contributed by atoms with E-state index in [-0.39, 0.29) is 5.91 Å². The van der Waals surface area contributed by atoms with Crippen LogP contribution in [0.5, 0.6) is 0 Å². The first-order chi connectivity index (χ1) is 6.11. The fourth-order valence-corrected chi connectivity index (χ4v) is 1.26. The molecule has 0 aromatic rings. The van der Waals surface area contributed by atoms with Crippen LogP contribution in [0, 0.1) is 0 Å². The maximum atomic E-state index is 11.3. The summed E-state index contributed by atoms with van der Waals surface area (Å²) in [6.45, 7) is 2.99. The molecule has 0 radical (unpaired) electrons. The molecule has 0 spiro atoms. The smallest absolute Gasteiger partial charge is 0.223 e. The summed E-state index contributed by atoms with van der Waals surface area (Å²) in [6.07, 6.45) is 0.625. The Balaban J connectivity index is 2.13. The van der Waals surface area contributed by atoms with E-state index in [1.54, 1.807) is 19.0 Å². The van der Waals surface area contributed by atoms with Gasteiger partial charge in [-0.05, 0) is 7.05 Å². The maximum Gasteiger partial charge on any atom is 0.223 e. The Morgan fingerprint density at radius 2 is 2.00 bits per heavy atom. The molecule has 1 aliphatic heterocycles. The number of rotatable bonds is 4. The summed E-state index contributed by atoms with van der Waals surface area (Å²) in [5.41, 5.74) is 0. The summed E-state index contributed by atoms with van der Waals surface area (Å²) in [5, 5.41) is 3.22. The van der Waals surface area contributed by atoms with Crippen molar-refractivity contribution < 1.29 is 4.79 Å². The Bertz CT molecular complexity index is 178. The van der Waals surface area contributed by atoms with E-state index in [1.165, 1.54) is 0 Å². The van der Waals surface area contributed by atoms with Crippen LogP contribution < -0.4 is 5.32 Å². The van der Waals surface area contributed by atoms with Gasteiger partial charge in [-0.25, -0.2) is 0 Å². The van der Waals surface area contributed by atoms with Crippen molar-refractivity contribution in [3.8, 4) is 0 Å². The Labute approximate surface area is 79.9 Å². The molecule has 0 saturated carbocycles. The number of nitrogens with one attached hydrogen (secondary N) is 1. The van der Waals surface area contributed by atoms with Crippen LogP contribution in [0.1, 0.15) is 6.42 Å². The van der Waals surface area contributed by atoms with E-state index in [9.17, 15) is 4.79 Å². The van der Waals surface area contributed by atoms with Crippen molar-refractivity contribution in [2.24, 2.45) is 0 Å². The number of carbonyl (C=O) groups is 1. The van der Waals surface area contributed by atoms with Gasteiger partial charge in [-0.2, -0.15) is 0 Å². The maximum absolute atomic E-state index is 11.3. The second-order valence-corrected chi connectivity index (χ2v) is 3.83. The van der Waals surface area contributed by atoms with Gasteiger partial charge in [0.2, 0.25) is 5.91 Å². The van der Waals surface area contributed by atoms with Gasteiger partial charge in [0.15, 0.2) is 0 Å². The van der Waals surface area contributed by atoms with Crippen LogP contribution in [-0.2, 0) is 4.79 Å². The number of hydrogen-bond acceptors (Lipinski definition) is 3. The van der Waals surface area contributed by atoms with Crippen molar-refractivity contribution in [2.45, 2.75) is 12.5 Å². The topological polar surface area (TPSA) is 35.6 Å². The number of hydrogen-bond donors (Lipinski definition) is 1. The first kappa shape index (κ1) is 10.5. The van der Waals surface area contributed by atoms with Gasteiger partial charge in [0.05, 0.1) is 0 Å². The molecule has 0 aromatic heterocycles. The summed E-state index contributed by atoms with van der Waals surface area (Å²) < 4.78 is 0. The summed E-state index contributed by atoms with van der Waals surface area (Å²) in [5.74, 6) is 0.208. The summed E-state index contributed by atoms with van der Waals surface area (Å²) in [4.78, 5) is 15.2. The van der Waals surface area contributed by atoms with Gasteiger partial charge in [0, 0.05) is 46.2 Å². The molecule has 1 rings (SSSR count). The fraction of sp³-hybridized carbons (Fsp3) is 0.889. The molecule has 0 aliphatic carbocycles. The van der Waals surface area contributed by atoms with E-state index >= 15 is 0 Å². The SMILES string of the molecule is CN(C)C(=O)CCN(C)C1CNC1. The van der Waals surface area contributed by atoms with Crippen LogP contribution in [0.4, 0.5) is 0 Å². The average molecular weight is 185 g/mol.